The largest absolute Gasteiger partial charge is 0.497 e. The molecule has 0 aliphatic rings. The number of hydrogen-bond donors (Lipinski definition) is 2. The van der Waals surface area contributed by atoms with Crippen molar-refractivity contribution in [1.29, 1.82) is 0 Å². The van der Waals surface area contributed by atoms with Crippen LogP contribution >= 0.6 is 0 Å². The first-order valence-electron chi connectivity index (χ1n) is 10.4. The number of furan rings is 1. The fourth-order valence-electron chi connectivity index (χ4n) is 3.11. The highest BCUT2D eigenvalue weighted by Gasteiger charge is 2.34. The third kappa shape index (κ3) is 6.40. The summed E-state index contributed by atoms with van der Waals surface area (Å²) in [4.78, 5) is 15.7. The summed E-state index contributed by atoms with van der Waals surface area (Å²) in [7, 11) is 1.37. The number of rotatable bonds is 7. The molecule has 1 aromatic carbocycles. The predicted octanol–water partition coefficient (Wildman–Crippen LogP) is 6.16. The molecule has 0 fully saturated rings. The Morgan fingerprint density at radius 2 is 1.86 bits per heavy atom. The molecule has 0 saturated carbocycles. The summed E-state index contributed by atoms with van der Waals surface area (Å²) >= 11 is 0. The lowest BCUT2D eigenvalue weighted by Crippen LogP contribution is -2.12. The molecule has 12 heteroatoms. The van der Waals surface area contributed by atoms with E-state index in [4.69, 9.17) is 9.15 Å². The molecule has 0 aliphatic heterocycles. The van der Waals surface area contributed by atoms with E-state index >= 15 is 0 Å². The van der Waals surface area contributed by atoms with Crippen molar-refractivity contribution in [2.24, 2.45) is 4.99 Å². The van der Waals surface area contributed by atoms with E-state index < -0.39 is 23.7 Å². The number of nitrogens with one attached hydrogen (secondary N) is 1. The molecule has 8 nitrogen and oxygen atoms in total. The van der Waals surface area contributed by atoms with Gasteiger partial charge in [-0.2, -0.15) is 18.3 Å². The summed E-state index contributed by atoms with van der Waals surface area (Å²) < 4.78 is 65.1. The number of carbonyl (C=O) groups is 1. The van der Waals surface area contributed by atoms with Crippen LogP contribution in [0.3, 0.4) is 0 Å². The maximum Gasteiger partial charge on any atom is 0.435 e. The van der Waals surface area contributed by atoms with E-state index in [9.17, 15) is 27.5 Å². The summed E-state index contributed by atoms with van der Waals surface area (Å²) in [6, 6.07) is 7.22. The van der Waals surface area contributed by atoms with Crippen LogP contribution in [0.4, 0.5) is 23.2 Å². The number of benzene rings is 1. The van der Waals surface area contributed by atoms with Crippen molar-refractivity contribution in [3.63, 3.8) is 0 Å². The number of alkyl halides is 3. The first-order chi connectivity index (χ1) is 16.9. The van der Waals surface area contributed by atoms with Crippen LogP contribution in [-0.4, -0.2) is 33.8 Å². The molecule has 0 amide bonds. The molecule has 2 N–H and O–H groups in total. The Morgan fingerprint density at radius 3 is 2.42 bits per heavy atom. The van der Waals surface area contributed by atoms with Gasteiger partial charge in [0.25, 0.3) is 0 Å². The van der Waals surface area contributed by atoms with E-state index in [0.717, 1.165) is 22.5 Å². The second kappa shape index (κ2) is 10.5. The number of hydrogen-bond acceptors (Lipinski definition) is 5. The van der Waals surface area contributed by atoms with Crippen molar-refractivity contribution in [2.45, 2.75) is 26.9 Å². The molecule has 0 saturated heterocycles. The number of ether oxygens (including phenoxy) is 1. The molecule has 0 atom stereocenters. The molecule has 0 unspecified atom stereocenters. The normalized spacial score (nSPS) is 12.7. The third-order valence-electron chi connectivity index (χ3n) is 4.56. The van der Waals surface area contributed by atoms with Crippen LogP contribution in [0, 0.1) is 5.82 Å². The first kappa shape index (κ1) is 26.3. The Labute approximate surface area is 203 Å². The Hall–Kier alpha value is -4.35. The second-order valence-corrected chi connectivity index (χ2v) is 7.77. The van der Waals surface area contributed by atoms with Crippen LogP contribution in [0.1, 0.15) is 42.8 Å². The van der Waals surface area contributed by atoms with Gasteiger partial charge >= 0.3 is 12.1 Å². The van der Waals surface area contributed by atoms with Gasteiger partial charge in [-0.25, -0.2) is 18.9 Å². The van der Waals surface area contributed by atoms with E-state index in [0.29, 0.717) is 0 Å². The summed E-state index contributed by atoms with van der Waals surface area (Å²) in [5.41, 5.74) is 0.00340. The standard InChI is InChI=1S/C24H22F4N4O4/c1-13(2)9-18(19-5-6-20(36-19)23(33)34)22(32-8-7-21(31-32)24(26,27)28)30-14(3)29-16-10-15(25)11-17(12-16)35-4/h5-12H,1-4H3,(H,29,30)(H,33,34)/b22-18-. The summed E-state index contributed by atoms with van der Waals surface area (Å²) in [6.45, 7) is 4.98. The van der Waals surface area contributed by atoms with Crippen molar-refractivity contribution in [1.82, 2.24) is 9.78 Å². The van der Waals surface area contributed by atoms with Crippen LogP contribution < -0.4 is 10.1 Å². The monoisotopic (exact) mass is 506 g/mol. The molecule has 3 aromatic rings. The van der Waals surface area contributed by atoms with Gasteiger partial charge in [-0.3, -0.25) is 0 Å². The zero-order valence-corrected chi connectivity index (χ0v) is 19.6. The lowest BCUT2D eigenvalue weighted by molar-refractivity contribution is -0.141. The van der Waals surface area contributed by atoms with Gasteiger partial charge in [0.05, 0.1) is 12.7 Å². The lowest BCUT2D eigenvalue weighted by atomic mass is 10.1. The molecule has 2 aromatic heterocycles. The Kier molecular flexibility index (Phi) is 7.66. The number of carboxylic acids is 1. The Balaban J connectivity index is 2.21. The highest BCUT2D eigenvalue weighted by molar-refractivity contribution is 5.99. The molecule has 0 bridgehead atoms. The molecule has 3 rings (SSSR count). The average Bonchev–Trinajstić information content (AvgIpc) is 3.45. The lowest BCUT2D eigenvalue weighted by Gasteiger charge is -2.12. The second-order valence-electron chi connectivity index (χ2n) is 7.77. The summed E-state index contributed by atoms with van der Waals surface area (Å²) in [5.74, 6) is -1.94. The zero-order valence-electron chi connectivity index (χ0n) is 19.6. The van der Waals surface area contributed by atoms with Gasteiger partial charge < -0.3 is 19.6 Å². The van der Waals surface area contributed by atoms with Crippen molar-refractivity contribution < 1.29 is 36.6 Å². The van der Waals surface area contributed by atoms with Gasteiger partial charge in [-0.15, -0.1) is 0 Å². The number of carboxylic acid groups (broad SMARTS) is 1. The fourth-order valence-corrected chi connectivity index (χ4v) is 3.11. The van der Waals surface area contributed by atoms with Gasteiger partial charge in [0.1, 0.15) is 23.2 Å². The molecular weight excluding hydrogens is 484 g/mol. The molecule has 0 aliphatic carbocycles. The van der Waals surface area contributed by atoms with Crippen LogP contribution in [0.5, 0.6) is 5.75 Å². The number of halogens is 4. The minimum absolute atomic E-state index is 0.0385. The molecule has 0 spiro atoms. The minimum atomic E-state index is -4.71. The summed E-state index contributed by atoms with van der Waals surface area (Å²) in [6.07, 6.45) is -2.07. The van der Waals surface area contributed by atoms with E-state index in [1.807, 2.05) is 0 Å². The van der Waals surface area contributed by atoms with Crippen molar-refractivity contribution >= 4 is 28.9 Å². The van der Waals surface area contributed by atoms with E-state index in [-0.39, 0.29) is 40.2 Å². The number of anilines is 1. The van der Waals surface area contributed by atoms with E-state index in [1.165, 1.54) is 44.4 Å². The number of allylic oxidation sites excluding steroid dienone is 3. The molecule has 0 radical (unpaired) electrons. The SMILES string of the molecule is COc1cc(F)cc(N/C(C)=N/C(=C(\C=C(C)C)c2ccc(C(=O)O)o2)n2ccc(C(F)(F)F)n2)c1. The highest BCUT2D eigenvalue weighted by atomic mass is 19.4. The van der Waals surface area contributed by atoms with Crippen LogP contribution in [0.2, 0.25) is 0 Å². The molecular formula is C24H22F4N4O4. The van der Waals surface area contributed by atoms with Crippen molar-refractivity contribution in [3.05, 3.63) is 77.3 Å². The Morgan fingerprint density at radius 1 is 1.17 bits per heavy atom. The van der Waals surface area contributed by atoms with E-state index in [1.54, 1.807) is 19.9 Å². The predicted molar refractivity (Wildman–Crippen MR) is 125 cm³/mol. The zero-order chi connectivity index (χ0) is 26.6. The van der Waals surface area contributed by atoms with Gasteiger partial charge in [0.2, 0.25) is 5.76 Å². The van der Waals surface area contributed by atoms with Gasteiger partial charge in [-0.1, -0.05) is 5.57 Å². The number of aromatic carboxylic acids is 1. The number of nitrogens with zero attached hydrogens (tertiary/aromatic N) is 3. The van der Waals surface area contributed by atoms with Gasteiger partial charge in [-0.05, 0) is 51.1 Å². The van der Waals surface area contributed by atoms with Crippen LogP contribution in [0.25, 0.3) is 11.4 Å². The number of methoxy groups -OCH3 is 1. The van der Waals surface area contributed by atoms with Gasteiger partial charge in [0, 0.05) is 24.0 Å². The van der Waals surface area contributed by atoms with Crippen LogP contribution in [0.15, 0.2) is 63.7 Å². The highest BCUT2D eigenvalue weighted by Crippen LogP contribution is 2.31. The molecule has 2 heterocycles. The maximum absolute atomic E-state index is 13.9. The quantitative estimate of drug-likeness (QED) is 0.172. The van der Waals surface area contributed by atoms with Crippen molar-refractivity contribution in [3.8, 4) is 5.75 Å². The topological polar surface area (TPSA) is 102 Å². The number of aliphatic imine (C=N–C) groups is 1. The summed E-state index contributed by atoms with van der Waals surface area (Å²) in [5, 5.41) is 15.7. The smallest absolute Gasteiger partial charge is 0.435 e. The molecule has 36 heavy (non-hydrogen) atoms. The number of aromatic nitrogens is 2. The minimum Gasteiger partial charge on any atom is -0.497 e. The average molecular weight is 506 g/mol. The van der Waals surface area contributed by atoms with E-state index in [2.05, 4.69) is 15.4 Å². The van der Waals surface area contributed by atoms with Gasteiger partial charge in [0.15, 0.2) is 11.5 Å². The van der Waals surface area contributed by atoms with Crippen LogP contribution in [-0.2, 0) is 6.18 Å². The third-order valence-corrected chi connectivity index (χ3v) is 4.56. The number of amidine groups is 1. The molecule has 190 valence electrons. The maximum atomic E-state index is 13.9. The first-order valence-corrected chi connectivity index (χ1v) is 10.4. The fraction of sp³-hybridized carbons (Fsp3) is 0.208. The van der Waals surface area contributed by atoms with Crippen molar-refractivity contribution in [2.75, 3.05) is 12.4 Å². The Bertz CT molecular complexity index is 1360.